The number of hydrogen-bond donors (Lipinski definition) is 1. The molecule has 2 amide bonds. The van der Waals surface area contributed by atoms with E-state index in [0.29, 0.717) is 18.4 Å². The topological polar surface area (TPSA) is 65.5 Å². The van der Waals surface area contributed by atoms with E-state index in [1.807, 2.05) is 25.2 Å². The van der Waals surface area contributed by atoms with E-state index in [9.17, 15) is 22.8 Å². The van der Waals surface area contributed by atoms with Crippen molar-refractivity contribution in [3.63, 3.8) is 0 Å². The van der Waals surface area contributed by atoms with Gasteiger partial charge in [-0.2, -0.15) is 13.2 Å². The lowest BCUT2D eigenvalue weighted by Crippen LogP contribution is -2.45. The summed E-state index contributed by atoms with van der Waals surface area (Å²) in [4.78, 5) is 34.5. The van der Waals surface area contributed by atoms with Gasteiger partial charge in [-0.1, -0.05) is 17.7 Å². The standard InChI is InChI=1S/C29H28ClF3N4O2/c1-36(21-10-14-37(15-11-21)22-8-12-34-13-9-22)28(39)19-3-2-18-4-7-26(23(18)16-19)35-27(38)24-17-20(29(31,32)33)5-6-25(24)30/h2-3,5-6,8-9,12-13,16-17,21,26H,4,7,10-11,14-15H2,1H3,(H,35,38). The lowest BCUT2D eigenvalue weighted by Gasteiger charge is -2.38. The summed E-state index contributed by atoms with van der Waals surface area (Å²) in [5.41, 5.74) is 2.27. The number of hydrogen-bond acceptors (Lipinski definition) is 4. The lowest BCUT2D eigenvalue weighted by atomic mass is 10.00. The number of alkyl halides is 3. The Morgan fingerprint density at radius 3 is 2.44 bits per heavy atom. The summed E-state index contributed by atoms with van der Waals surface area (Å²) in [7, 11) is 1.82. The molecular formula is C29H28ClF3N4O2. The summed E-state index contributed by atoms with van der Waals surface area (Å²) in [6.07, 6.45) is 1.91. The van der Waals surface area contributed by atoms with Crippen molar-refractivity contribution in [2.24, 2.45) is 0 Å². The third-order valence-corrected chi connectivity index (χ3v) is 8.00. The molecule has 1 aliphatic heterocycles. The third kappa shape index (κ3) is 5.73. The molecule has 2 heterocycles. The first kappa shape index (κ1) is 27.0. The van der Waals surface area contributed by atoms with Gasteiger partial charge in [0, 0.05) is 49.8 Å². The van der Waals surface area contributed by atoms with Crippen molar-refractivity contribution < 1.29 is 22.8 Å². The first-order valence-electron chi connectivity index (χ1n) is 12.8. The summed E-state index contributed by atoms with van der Waals surface area (Å²) in [6, 6.07) is 11.8. The van der Waals surface area contributed by atoms with Gasteiger partial charge in [-0.15, -0.1) is 0 Å². The number of fused-ring (bicyclic) bond motifs is 1. The zero-order valence-corrected chi connectivity index (χ0v) is 22.1. The number of benzene rings is 2. The van der Waals surface area contributed by atoms with Gasteiger partial charge in [0.25, 0.3) is 11.8 Å². The molecule has 3 aromatic rings. The third-order valence-electron chi connectivity index (χ3n) is 7.67. The highest BCUT2D eigenvalue weighted by Crippen LogP contribution is 2.35. The molecule has 39 heavy (non-hydrogen) atoms. The molecule has 2 aliphatic rings. The van der Waals surface area contributed by atoms with E-state index in [0.717, 1.165) is 60.9 Å². The molecule has 1 saturated heterocycles. The Morgan fingerprint density at radius 2 is 1.74 bits per heavy atom. The highest BCUT2D eigenvalue weighted by Gasteiger charge is 2.33. The van der Waals surface area contributed by atoms with E-state index in [-0.39, 0.29) is 22.5 Å². The fourth-order valence-electron chi connectivity index (χ4n) is 5.43. The van der Waals surface area contributed by atoms with Gasteiger partial charge >= 0.3 is 6.18 Å². The predicted molar refractivity (Wildman–Crippen MR) is 143 cm³/mol. The number of carbonyl (C=O) groups excluding carboxylic acids is 2. The molecule has 0 spiro atoms. The lowest BCUT2D eigenvalue weighted by molar-refractivity contribution is -0.137. The molecule has 1 N–H and O–H groups in total. The van der Waals surface area contributed by atoms with Gasteiger partial charge in [0.15, 0.2) is 0 Å². The van der Waals surface area contributed by atoms with Crippen LogP contribution in [0.2, 0.25) is 5.02 Å². The smallest absolute Gasteiger partial charge is 0.371 e. The zero-order valence-electron chi connectivity index (χ0n) is 21.3. The largest absolute Gasteiger partial charge is 0.416 e. The first-order valence-corrected chi connectivity index (χ1v) is 13.2. The van der Waals surface area contributed by atoms with Crippen LogP contribution in [0.1, 0.15) is 62.7 Å². The van der Waals surface area contributed by atoms with Crippen molar-refractivity contribution in [3.05, 3.63) is 93.8 Å². The Labute approximate surface area is 229 Å². The Bertz CT molecular complexity index is 1370. The zero-order chi connectivity index (χ0) is 27.7. The van der Waals surface area contributed by atoms with E-state index < -0.39 is 23.7 Å². The number of aryl methyl sites for hydroxylation is 1. The average molecular weight is 557 g/mol. The number of halogens is 4. The summed E-state index contributed by atoms with van der Waals surface area (Å²) in [6.45, 7) is 1.67. The maximum absolute atomic E-state index is 13.4. The molecule has 2 aromatic carbocycles. The van der Waals surface area contributed by atoms with Crippen LogP contribution in [0.15, 0.2) is 60.9 Å². The molecule has 1 aliphatic carbocycles. The Balaban J connectivity index is 1.27. The van der Waals surface area contributed by atoms with Crippen LogP contribution in [0.3, 0.4) is 0 Å². The number of amides is 2. The SMILES string of the molecule is CN(C(=O)c1ccc2c(c1)C(NC(=O)c1cc(C(F)(F)F)ccc1Cl)CC2)C1CCN(c2ccncc2)CC1. The number of anilines is 1. The van der Waals surface area contributed by atoms with Crippen LogP contribution in [-0.4, -0.2) is 47.9 Å². The van der Waals surface area contributed by atoms with Crippen molar-refractivity contribution in [2.45, 2.75) is 43.9 Å². The molecule has 5 rings (SSSR count). The van der Waals surface area contributed by atoms with Crippen molar-refractivity contribution in [1.82, 2.24) is 15.2 Å². The molecule has 0 saturated carbocycles. The number of pyridine rings is 1. The molecule has 10 heteroatoms. The second kappa shape index (κ2) is 10.9. The quantitative estimate of drug-likeness (QED) is 0.424. The van der Waals surface area contributed by atoms with Crippen molar-refractivity contribution in [1.29, 1.82) is 0 Å². The van der Waals surface area contributed by atoms with Gasteiger partial charge in [-0.25, -0.2) is 0 Å². The second-order valence-corrected chi connectivity index (χ2v) is 10.4. The summed E-state index contributed by atoms with van der Waals surface area (Å²) < 4.78 is 39.5. The minimum absolute atomic E-state index is 0.0562. The molecule has 1 aromatic heterocycles. The van der Waals surface area contributed by atoms with E-state index in [1.54, 1.807) is 29.4 Å². The number of carbonyl (C=O) groups is 2. The molecule has 0 radical (unpaired) electrons. The van der Waals surface area contributed by atoms with E-state index in [4.69, 9.17) is 11.6 Å². The van der Waals surface area contributed by atoms with Gasteiger partial charge < -0.3 is 15.1 Å². The fourth-order valence-corrected chi connectivity index (χ4v) is 5.64. The summed E-state index contributed by atoms with van der Waals surface area (Å²) in [5.74, 6) is -0.781. The van der Waals surface area contributed by atoms with Crippen molar-refractivity contribution in [2.75, 3.05) is 25.0 Å². The highest BCUT2D eigenvalue weighted by molar-refractivity contribution is 6.33. The van der Waals surface area contributed by atoms with Gasteiger partial charge in [0.1, 0.15) is 0 Å². The van der Waals surface area contributed by atoms with E-state index >= 15 is 0 Å². The number of aromatic nitrogens is 1. The number of piperidine rings is 1. The minimum Gasteiger partial charge on any atom is -0.371 e. The van der Waals surface area contributed by atoms with Crippen LogP contribution < -0.4 is 10.2 Å². The van der Waals surface area contributed by atoms with E-state index in [1.165, 1.54) is 0 Å². The van der Waals surface area contributed by atoms with Crippen LogP contribution in [-0.2, 0) is 12.6 Å². The predicted octanol–water partition coefficient (Wildman–Crippen LogP) is 5.91. The summed E-state index contributed by atoms with van der Waals surface area (Å²) >= 11 is 6.06. The van der Waals surface area contributed by atoms with Gasteiger partial charge in [-0.3, -0.25) is 14.6 Å². The Hall–Kier alpha value is -3.59. The van der Waals surface area contributed by atoms with Crippen LogP contribution in [0.5, 0.6) is 0 Å². The number of nitrogens with zero attached hydrogens (tertiary/aromatic N) is 3. The molecule has 6 nitrogen and oxygen atoms in total. The fraction of sp³-hybridized carbons (Fsp3) is 0.345. The van der Waals surface area contributed by atoms with Crippen molar-refractivity contribution in [3.8, 4) is 0 Å². The van der Waals surface area contributed by atoms with Crippen LogP contribution >= 0.6 is 11.6 Å². The van der Waals surface area contributed by atoms with Crippen LogP contribution in [0.4, 0.5) is 18.9 Å². The molecule has 0 bridgehead atoms. The molecule has 1 fully saturated rings. The molecule has 1 atom stereocenters. The van der Waals surface area contributed by atoms with Gasteiger partial charge in [-0.05, 0) is 79.3 Å². The Kier molecular flexibility index (Phi) is 7.53. The second-order valence-electron chi connectivity index (χ2n) is 10.0. The Morgan fingerprint density at radius 1 is 1.03 bits per heavy atom. The number of nitrogens with one attached hydrogen (secondary N) is 1. The monoisotopic (exact) mass is 556 g/mol. The number of rotatable bonds is 5. The van der Waals surface area contributed by atoms with Gasteiger partial charge in [0.05, 0.1) is 22.2 Å². The highest BCUT2D eigenvalue weighted by atomic mass is 35.5. The molecule has 1 unspecified atom stereocenters. The van der Waals surface area contributed by atoms with E-state index in [2.05, 4.69) is 15.2 Å². The van der Waals surface area contributed by atoms with Gasteiger partial charge in [0.2, 0.25) is 0 Å². The summed E-state index contributed by atoms with van der Waals surface area (Å²) in [5, 5.41) is 2.77. The van der Waals surface area contributed by atoms with Crippen LogP contribution in [0, 0.1) is 0 Å². The maximum Gasteiger partial charge on any atom is 0.416 e. The van der Waals surface area contributed by atoms with Crippen molar-refractivity contribution >= 4 is 29.1 Å². The average Bonchev–Trinajstić information content (AvgIpc) is 3.34. The maximum atomic E-state index is 13.4. The normalized spacial score (nSPS) is 17.6. The molecule has 204 valence electrons. The minimum atomic E-state index is -4.59. The first-order chi connectivity index (χ1) is 18.6. The molecular weight excluding hydrogens is 529 g/mol. The van der Waals surface area contributed by atoms with Crippen LogP contribution in [0.25, 0.3) is 0 Å².